The second-order valence-corrected chi connectivity index (χ2v) is 9.92. The first-order valence-corrected chi connectivity index (χ1v) is 12.7. The summed E-state index contributed by atoms with van der Waals surface area (Å²) < 4.78 is 52.5. The Labute approximate surface area is 210 Å². The quantitative estimate of drug-likeness (QED) is 0.206. The average Bonchev–Trinajstić information content (AvgIpc) is 3.24. The number of rotatable bonds is 13. The molecular formula is C25H30NO9P. The van der Waals surface area contributed by atoms with Crippen LogP contribution in [0.2, 0.25) is 0 Å². The van der Waals surface area contributed by atoms with Crippen molar-refractivity contribution in [3.8, 4) is 17.6 Å². The number of carbonyl (C=O) groups is 1. The summed E-state index contributed by atoms with van der Waals surface area (Å²) in [6.45, 7) is 3.30. The molecule has 0 radical (unpaired) electrons. The first kappa shape index (κ1) is 27.8. The van der Waals surface area contributed by atoms with Crippen LogP contribution in [-0.2, 0) is 27.6 Å². The van der Waals surface area contributed by atoms with Crippen LogP contribution in [0.25, 0.3) is 0 Å². The molecule has 11 heteroatoms. The molecule has 0 aromatic heterocycles. The zero-order valence-electron chi connectivity index (χ0n) is 20.7. The van der Waals surface area contributed by atoms with E-state index in [2.05, 4.69) is 0 Å². The molecule has 0 bridgehead atoms. The van der Waals surface area contributed by atoms with Crippen molar-refractivity contribution in [3.05, 3.63) is 59.7 Å². The van der Waals surface area contributed by atoms with Crippen LogP contribution in [-0.4, -0.2) is 51.7 Å². The zero-order chi connectivity index (χ0) is 26.2. The number of nitriles is 1. The van der Waals surface area contributed by atoms with E-state index in [0.717, 1.165) is 0 Å². The Hall–Kier alpha value is -2.77. The Morgan fingerprint density at radius 1 is 1.14 bits per heavy atom. The summed E-state index contributed by atoms with van der Waals surface area (Å²) in [4.78, 5) is 13.6. The fourth-order valence-corrected chi connectivity index (χ4v) is 4.78. The standard InChI is InChI=1S/C25H30NO9P/c1-25(2)31-16-22(34-25)17-33-36(28,32-12-8-11-26)35-24(23(27)18-9-6-5-7-10-18)19-13-20(29-3)15-21(14-19)30-4/h5-7,9-10,13-15,22,24H,8,12,16-17H2,1-4H3/t22?,24-,36?/m1/s1. The maximum Gasteiger partial charge on any atom is 0.475 e. The Balaban J connectivity index is 1.94. The highest BCUT2D eigenvalue weighted by Crippen LogP contribution is 2.54. The molecule has 0 saturated carbocycles. The number of ketones is 1. The molecule has 0 aliphatic carbocycles. The number of phosphoric acid groups is 1. The maximum absolute atomic E-state index is 13.7. The minimum Gasteiger partial charge on any atom is -0.497 e. The lowest BCUT2D eigenvalue weighted by atomic mass is 9.99. The molecule has 2 unspecified atom stereocenters. The summed E-state index contributed by atoms with van der Waals surface area (Å²) in [7, 11) is -1.44. The van der Waals surface area contributed by atoms with E-state index in [-0.39, 0.29) is 26.2 Å². The number of phosphoric ester groups is 1. The lowest BCUT2D eigenvalue weighted by molar-refractivity contribution is -0.142. The first-order chi connectivity index (χ1) is 17.2. The molecule has 36 heavy (non-hydrogen) atoms. The van der Waals surface area contributed by atoms with Crippen LogP contribution in [0.4, 0.5) is 0 Å². The van der Waals surface area contributed by atoms with E-state index < -0.39 is 31.6 Å². The smallest absolute Gasteiger partial charge is 0.475 e. The van der Waals surface area contributed by atoms with Gasteiger partial charge < -0.3 is 18.9 Å². The SMILES string of the molecule is COc1cc(OC)cc([C@@H](OP(=O)(OCCC#N)OCC2COC(C)(C)O2)C(=O)c2ccccc2)c1. The summed E-state index contributed by atoms with van der Waals surface area (Å²) >= 11 is 0. The molecule has 0 spiro atoms. The zero-order valence-corrected chi connectivity index (χ0v) is 21.6. The molecule has 1 fully saturated rings. The molecule has 0 amide bonds. The second-order valence-electron chi connectivity index (χ2n) is 8.30. The predicted octanol–water partition coefficient (Wildman–Crippen LogP) is 4.85. The minimum absolute atomic E-state index is 0.0585. The van der Waals surface area contributed by atoms with Gasteiger partial charge >= 0.3 is 7.82 Å². The van der Waals surface area contributed by atoms with Gasteiger partial charge in [-0.2, -0.15) is 5.26 Å². The van der Waals surface area contributed by atoms with Gasteiger partial charge in [-0.15, -0.1) is 0 Å². The van der Waals surface area contributed by atoms with Crippen molar-refractivity contribution in [1.82, 2.24) is 0 Å². The topological polar surface area (TPSA) is 123 Å². The fourth-order valence-electron chi connectivity index (χ4n) is 3.44. The lowest BCUT2D eigenvalue weighted by Gasteiger charge is -2.25. The molecule has 1 aliphatic rings. The van der Waals surface area contributed by atoms with E-state index in [4.69, 9.17) is 37.8 Å². The van der Waals surface area contributed by atoms with Crippen LogP contribution in [0.1, 0.15) is 42.3 Å². The van der Waals surface area contributed by atoms with Crippen molar-refractivity contribution in [3.63, 3.8) is 0 Å². The summed E-state index contributed by atoms with van der Waals surface area (Å²) in [5, 5.41) is 8.92. The van der Waals surface area contributed by atoms with Crippen LogP contribution in [0.15, 0.2) is 48.5 Å². The van der Waals surface area contributed by atoms with Gasteiger partial charge in [-0.05, 0) is 31.5 Å². The van der Waals surface area contributed by atoms with E-state index in [1.165, 1.54) is 14.2 Å². The van der Waals surface area contributed by atoms with E-state index >= 15 is 0 Å². The molecule has 1 aliphatic heterocycles. The molecule has 0 N–H and O–H groups in total. The number of nitrogens with zero attached hydrogens (tertiary/aromatic N) is 1. The van der Waals surface area contributed by atoms with Gasteiger partial charge in [0.05, 0.1) is 46.5 Å². The van der Waals surface area contributed by atoms with Crippen molar-refractivity contribution in [2.45, 2.75) is 38.3 Å². The van der Waals surface area contributed by atoms with Crippen molar-refractivity contribution in [2.75, 3.05) is 34.0 Å². The summed E-state index contributed by atoms with van der Waals surface area (Å²) in [5.74, 6) is -0.499. The van der Waals surface area contributed by atoms with Gasteiger partial charge in [0.15, 0.2) is 17.7 Å². The van der Waals surface area contributed by atoms with Gasteiger partial charge in [-0.3, -0.25) is 18.4 Å². The molecule has 3 rings (SSSR count). The van der Waals surface area contributed by atoms with Crippen LogP contribution in [0.3, 0.4) is 0 Å². The third-order valence-corrected chi connectivity index (χ3v) is 6.59. The fraction of sp³-hybridized carbons (Fsp3) is 0.440. The van der Waals surface area contributed by atoms with Crippen molar-refractivity contribution in [1.29, 1.82) is 5.26 Å². The summed E-state index contributed by atoms with van der Waals surface area (Å²) in [5.41, 5.74) is 0.636. The number of hydrogen-bond acceptors (Lipinski definition) is 10. The first-order valence-electron chi connectivity index (χ1n) is 11.3. The Morgan fingerprint density at radius 2 is 1.81 bits per heavy atom. The number of carbonyl (C=O) groups excluding carboxylic acids is 1. The van der Waals surface area contributed by atoms with E-state index in [1.54, 1.807) is 62.4 Å². The molecule has 2 aromatic rings. The highest BCUT2D eigenvalue weighted by Gasteiger charge is 2.39. The summed E-state index contributed by atoms with van der Waals surface area (Å²) in [6, 6.07) is 15.1. The second kappa shape index (κ2) is 12.5. The Kier molecular flexibility index (Phi) is 9.63. The van der Waals surface area contributed by atoms with Gasteiger partial charge in [-0.25, -0.2) is 4.57 Å². The van der Waals surface area contributed by atoms with Crippen molar-refractivity contribution in [2.24, 2.45) is 0 Å². The van der Waals surface area contributed by atoms with Crippen molar-refractivity contribution >= 4 is 13.6 Å². The van der Waals surface area contributed by atoms with Crippen molar-refractivity contribution < 1.29 is 41.9 Å². The van der Waals surface area contributed by atoms with Gasteiger partial charge in [0.2, 0.25) is 0 Å². The van der Waals surface area contributed by atoms with E-state index in [9.17, 15) is 9.36 Å². The Morgan fingerprint density at radius 3 is 2.36 bits per heavy atom. The number of methoxy groups -OCH3 is 2. The van der Waals surface area contributed by atoms with E-state index in [0.29, 0.717) is 22.6 Å². The lowest BCUT2D eigenvalue weighted by Crippen LogP contribution is -2.24. The molecule has 3 atom stereocenters. The third kappa shape index (κ3) is 7.61. The maximum atomic E-state index is 13.7. The largest absolute Gasteiger partial charge is 0.497 e. The Bertz CT molecular complexity index is 1090. The molecule has 10 nitrogen and oxygen atoms in total. The highest BCUT2D eigenvalue weighted by molar-refractivity contribution is 7.48. The number of Topliss-reactive ketones (excluding diaryl/α,β-unsaturated/α-hetero) is 1. The molecule has 1 heterocycles. The van der Waals surface area contributed by atoms with Gasteiger partial charge in [0.25, 0.3) is 0 Å². The average molecular weight is 519 g/mol. The van der Waals surface area contributed by atoms with Crippen LogP contribution in [0, 0.1) is 11.3 Å². The molecule has 1 saturated heterocycles. The third-order valence-electron chi connectivity index (χ3n) is 5.16. The molecule has 194 valence electrons. The number of benzene rings is 2. The molecule has 2 aromatic carbocycles. The van der Waals surface area contributed by atoms with Crippen LogP contribution in [0.5, 0.6) is 11.5 Å². The van der Waals surface area contributed by atoms with Gasteiger partial charge in [0, 0.05) is 11.6 Å². The molecular weight excluding hydrogens is 489 g/mol. The predicted molar refractivity (Wildman–Crippen MR) is 129 cm³/mol. The monoisotopic (exact) mass is 519 g/mol. The van der Waals surface area contributed by atoms with Gasteiger partial charge in [0.1, 0.15) is 17.6 Å². The van der Waals surface area contributed by atoms with E-state index in [1.807, 2.05) is 6.07 Å². The number of ether oxygens (including phenoxy) is 4. The van der Waals surface area contributed by atoms with Gasteiger partial charge in [-0.1, -0.05) is 30.3 Å². The minimum atomic E-state index is -4.38. The highest BCUT2D eigenvalue weighted by atomic mass is 31.2. The summed E-state index contributed by atoms with van der Waals surface area (Å²) in [6.07, 6.45) is -1.99. The normalized spacial score (nSPS) is 19.1. The van der Waals surface area contributed by atoms with Crippen LogP contribution >= 0.6 is 7.82 Å². The number of hydrogen-bond donors (Lipinski definition) is 0. The van der Waals surface area contributed by atoms with Crippen LogP contribution < -0.4 is 9.47 Å².